The van der Waals surface area contributed by atoms with E-state index >= 15 is 0 Å². The Bertz CT molecular complexity index is 576. The summed E-state index contributed by atoms with van der Waals surface area (Å²) in [7, 11) is 0. The summed E-state index contributed by atoms with van der Waals surface area (Å²) in [6.07, 6.45) is 5.81. The Morgan fingerprint density at radius 2 is 1.95 bits per heavy atom. The number of aromatic nitrogens is 2. The number of benzene rings is 1. The van der Waals surface area contributed by atoms with Crippen molar-refractivity contribution in [1.82, 2.24) is 10.1 Å². The Morgan fingerprint density at radius 1 is 1.19 bits per heavy atom. The van der Waals surface area contributed by atoms with Gasteiger partial charge in [-0.25, -0.2) is 0 Å². The fourth-order valence-electron chi connectivity index (χ4n) is 3.21. The standard InChI is InChI=1S/C17H23N3O/c1-2-12-7-9-13(10-8-12)16-19-17(21-20-16)15-6-4-3-5-14(15)11-18/h7-10,14-15H,2-6,11,18H2,1H3. The van der Waals surface area contributed by atoms with Gasteiger partial charge in [-0.1, -0.05) is 49.2 Å². The molecule has 1 aromatic carbocycles. The second kappa shape index (κ2) is 6.39. The normalized spacial score (nSPS) is 22.4. The quantitative estimate of drug-likeness (QED) is 0.933. The highest BCUT2D eigenvalue weighted by Crippen LogP contribution is 2.37. The SMILES string of the molecule is CCc1ccc(-c2noc(C3CCCCC3CN)n2)cc1. The number of nitrogens with two attached hydrogens (primary N) is 1. The lowest BCUT2D eigenvalue weighted by Crippen LogP contribution is -2.25. The van der Waals surface area contributed by atoms with Crippen LogP contribution in [0.15, 0.2) is 28.8 Å². The highest BCUT2D eigenvalue weighted by Gasteiger charge is 2.30. The van der Waals surface area contributed by atoms with Crippen LogP contribution >= 0.6 is 0 Å². The predicted octanol–water partition coefficient (Wildman–Crippen LogP) is 3.53. The van der Waals surface area contributed by atoms with Crippen LogP contribution in [0.25, 0.3) is 11.4 Å². The molecular formula is C17H23N3O. The van der Waals surface area contributed by atoms with Gasteiger partial charge in [-0.3, -0.25) is 0 Å². The summed E-state index contributed by atoms with van der Waals surface area (Å²) < 4.78 is 5.53. The molecule has 1 aliphatic rings. The van der Waals surface area contributed by atoms with Gasteiger partial charge in [0.25, 0.3) is 0 Å². The van der Waals surface area contributed by atoms with E-state index in [9.17, 15) is 0 Å². The van der Waals surface area contributed by atoms with E-state index < -0.39 is 0 Å². The first-order valence-electron chi connectivity index (χ1n) is 7.94. The highest BCUT2D eigenvalue weighted by molar-refractivity contribution is 5.54. The van der Waals surface area contributed by atoms with Gasteiger partial charge in [0.05, 0.1) is 0 Å². The Kier molecular flexibility index (Phi) is 4.34. The molecule has 0 radical (unpaired) electrons. The first kappa shape index (κ1) is 14.3. The maximum atomic E-state index is 5.89. The third-order valence-electron chi connectivity index (χ3n) is 4.59. The monoisotopic (exact) mass is 285 g/mol. The molecule has 1 saturated carbocycles. The van der Waals surface area contributed by atoms with Gasteiger partial charge in [-0.05, 0) is 37.3 Å². The van der Waals surface area contributed by atoms with E-state index in [-0.39, 0.29) is 0 Å². The zero-order valence-corrected chi connectivity index (χ0v) is 12.6. The third-order valence-corrected chi connectivity index (χ3v) is 4.59. The lowest BCUT2D eigenvalue weighted by molar-refractivity contribution is 0.249. The summed E-state index contributed by atoms with van der Waals surface area (Å²) in [5.41, 5.74) is 8.22. The molecule has 0 saturated heterocycles. The molecule has 0 aliphatic heterocycles. The molecule has 3 rings (SSSR count). The lowest BCUT2D eigenvalue weighted by Gasteiger charge is -2.27. The van der Waals surface area contributed by atoms with Crippen molar-refractivity contribution < 1.29 is 4.52 Å². The van der Waals surface area contributed by atoms with Gasteiger partial charge in [-0.2, -0.15) is 4.98 Å². The summed E-state index contributed by atoms with van der Waals surface area (Å²) in [6, 6.07) is 8.37. The molecular weight excluding hydrogens is 262 g/mol. The molecule has 1 heterocycles. The van der Waals surface area contributed by atoms with E-state index in [0.29, 0.717) is 24.2 Å². The van der Waals surface area contributed by atoms with E-state index in [1.54, 1.807) is 0 Å². The number of rotatable bonds is 4. The molecule has 0 amide bonds. The molecule has 0 spiro atoms. The number of nitrogens with zero attached hydrogens (tertiary/aromatic N) is 2. The molecule has 1 aliphatic carbocycles. The Balaban J connectivity index is 1.81. The van der Waals surface area contributed by atoms with Crippen LogP contribution < -0.4 is 5.73 Å². The van der Waals surface area contributed by atoms with E-state index in [0.717, 1.165) is 24.3 Å². The van der Waals surface area contributed by atoms with Crippen molar-refractivity contribution in [2.75, 3.05) is 6.54 Å². The van der Waals surface area contributed by atoms with Crippen LogP contribution in [0.1, 0.15) is 50.0 Å². The smallest absolute Gasteiger partial charge is 0.230 e. The minimum absolute atomic E-state index is 0.333. The van der Waals surface area contributed by atoms with Gasteiger partial charge in [0, 0.05) is 11.5 Å². The molecule has 2 unspecified atom stereocenters. The van der Waals surface area contributed by atoms with Crippen molar-refractivity contribution in [1.29, 1.82) is 0 Å². The summed E-state index contributed by atoms with van der Waals surface area (Å²) in [5.74, 6) is 2.27. The van der Waals surface area contributed by atoms with Crippen molar-refractivity contribution in [3.05, 3.63) is 35.7 Å². The third kappa shape index (κ3) is 3.00. The van der Waals surface area contributed by atoms with Crippen molar-refractivity contribution in [2.24, 2.45) is 11.7 Å². The van der Waals surface area contributed by atoms with Crippen molar-refractivity contribution in [2.45, 2.75) is 44.9 Å². The summed E-state index contributed by atoms with van der Waals surface area (Å²) >= 11 is 0. The fraction of sp³-hybridized carbons (Fsp3) is 0.529. The van der Waals surface area contributed by atoms with E-state index in [4.69, 9.17) is 10.3 Å². The van der Waals surface area contributed by atoms with Gasteiger partial charge in [-0.15, -0.1) is 0 Å². The zero-order valence-electron chi connectivity index (χ0n) is 12.6. The molecule has 2 aromatic rings. The number of hydrogen-bond acceptors (Lipinski definition) is 4. The van der Waals surface area contributed by atoms with Gasteiger partial charge in [0.15, 0.2) is 0 Å². The Labute approximate surface area is 125 Å². The fourth-order valence-corrected chi connectivity index (χ4v) is 3.21. The van der Waals surface area contributed by atoms with Crippen LogP contribution in [0, 0.1) is 5.92 Å². The zero-order chi connectivity index (χ0) is 14.7. The maximum Gasteiger partial charge on any atom is 0.230 e. The van der Waals surface area contributed by atoms with E-state index in [1.807, 2.05) is 0 Å². The second-order valence-electron chi connectivity index (χ2n) is 5.89. The summed E-state index contributed by atoms with van der Waals surface area (Å²) in [4.78, 5) is 4.62. The first-order chi connectivity index (χ1) is 10.3. The molecule has 2 N–H and O–H groups in total. The maximum absolute atomic E-state index is 5.89. The molecule has 1 fully saturated rings. The molecule has 21 heavy (non-hydrogen) atoms. The summed E-state index contributed by atoms with van der Waals surface area (Å²) in [6.45, 7) is 2.85. The predicted molar refractivity (Wildman–Crippen MR) is 82.9 cm³/mol. The van der Waals surface area contributed by atoms with Crippen molar-refractivity contribution in [3.8, 4) is 11.4 Å². The molecule has 2 atom stereocenters. The molecule has 112 valence electrons. The molecule has 4 heteroatoms. The van der Waals surface area contributed by atoms with Gasteiger partial charge in [0.1, 0.15) is 0 Å². The Hall–Kier alpha value is -1.68. The van der Waals surface area contributed by atoms with Crippen LogP contribution in [-0.4, -0.2) is 16.7 Å². The second-order valence-corrected chi connectivity index (χ2v) is 5.89. The lowest BCUT2D eigenvalue weighted by atomic mass is 9.79. The van der Waals surface area contributed by atoms with Gasteiger partial charge >= 0.3 is 0 Å². The van der Waals surface area contributed by atoms with Crippen molar-refractivity contribution >= 4 is 0 Å². The average Bonchev–Trinajstić information content (AvgIpc) is 3.04. The molecule has 4 nitrogen and oxygen atoms in total. The van der Waals surface area contributed by atoms with Crippen LogP contribution in [0.5, 0.6) is 0 Å². The molecule has 0 bridgehead atoms. The molecule has 1 aromatic heterocycles. The van der Waals surface area contributed by atoms with E-state index in [2.05, 4.69) is 41.3 Å². The number of hydrogen-bond donors (Lipinski definition) is 1. The van der Waals surface area contributed by atoms with Crippen LogP contribution in [0.4, 0.5) is 0 Å². The van der Waals surface area contributed by atoms with Crippen molar-refractivity contribution in [3.63, 3.8) is 0 Å². The average molecular weight is 285 g/mol. The van der Waals surface area contributed by atoms with E-state index in [1.165, 1.54) is 24.8 Å². The van der Waals surface area contributed by atoms with Gasteiger partial charge < -0.3 is 10.3 Å². The van der Waals surface area contributed by atoms with Crippen LogP contribution in [0.3, 0.4) is 0 Å². The summed E-state index contributed by atoms with van der Waals surface area (Å²) in [5, 5.41) is 4.16. The Morgan fingerprint density at radius 3 is 2.67 bits per heavy atom. The first-order valence-corrected chi connectivity index (χ1v) is 7.94. The minimum Gasteiger partial charge on any atom is -0.339 e. The highest BCUT2D eigenvalue weighted by atomic mass is 16.5. The number of aryl methyl sites for hydroxylation is 1. The van der Waals surface area contributed by atoms with Crippen LogP contribution in [-0.2, 0) is 6.42 Å². The minimum atomic E-state index is 0.333. The van der Waals surface area contributed by atoms with Crippen LogP contribution in [0.2, 0.25) is 0 Å². The topological polar surface area (TPSA) is 64.9 Å². The largest absolute Gasteiger partial charge is 0.339 e. The van der Waals surface area contributed by atoms with Gasteiger partial charge in [0.2, 0.25) is 11.7 Å².